The van der Waals surface area contributed by atoms with Crippen molar-refractivity contribution in [3.05, 3.63) is 76.1 Å². The predicted molar refractivity (Wildman–Crippen MR) is 94.4 cm³/mol. The highest BCUT2D eigenvalue weighted by molar-refractivity contribution is 5.96. The van der Waals surface area contributed by atoms with Gasteiger partial charge in [0, 0.05) is 11.5 Å². The van der Waals surface area contributed by atoms with E-state index in [4.69, 9.17) is 9.15 Å². The Balaban J connectivity index is 1.55. The second-order valence-electron chi connectivity index (χ2n) is 5.39. The Hall–Kier alpha value is -3.66. The largest absolute Gasteiger partial charge is 0.478 e. The number of halogens is 2. The first-order valence-electron chi connectivity index (χ1n) is 7.89. The van der Waals surface area contributed by atoms with Crippen molar-refractivity contribution in [1.29, 1.82) is 0 Å². The first kappa shape index (κ1) is 18.1. The second-order valence-corrected chi connectivity index (χ2v) is 5.39. The van der Waals surface area contributed by atoms with Crippen LogP contribution in [0.2, 0.25) is 0 Å². The monoisotopic (exact) mass is 369 g/mol. The molecule has 0 fully saturated rings. The Kier molecular flexibility index (Phi) is 5.47. The van der Waals surface area contributed by atoms with E-state index in [1.165, 1.54) is 6.07 Å². The average molecular weight is 369 g/mol. The molecule has 5 nitrogen and oxygen atoms in total. The van der Waals surface area contributed by atoms with Gasteiger partial charge in [-0.2, -0.15) is 0 Å². The van der Waals surface area contributed by atoms with Gasteiger partial charge in [0.15, 0.2) is 11.6 Å². The van der Waals surface area contributed by atoms with E-state index >= 15 is 0 Å². The Morgan fingerprint density at radius 1 is 1.11 bits per heavy atom. The van der Waals surface area contributed by atoms with Crippen molar-refractivity contribution in [2.45, 2.75) is 0 Å². The second kappa shape index (κ2) is 8.15. The maximum atomic E-state index is 13.4. The molecular weight excluding hydrogens is 356 g/mol. The molecule has 0 aliphatic carbocycles. The SMILES string of the molecule is O=C(NCC#CCOc1ccc(F)cc1F)c1cc2ccccc2oc1=O. The molecule has 1 aromatic heterocycles. The van der Waals surface area contributed by atoms with Crippen LogP contribution in [0.5, 0.6) is 5.75 Å². The predicted octanol–water partition coefficient (Wildman–Crippen LogP) is 2.88. The summed E-state index contributed by atoms with van der Waals surface area (Å²) in [6.07, 6.45) is 0. The molecule has 0 radical (unpaired) electrons. The van der Waals surface area contributed by atoms with Gasteiger partial charge < -0.3 is 14.5 Å². The van der Waals surface area contributed by atoms with Gasteiger partial charge >= 0.3 is 5.63 Å². The van der Waals surface area contributed by atoms with Crippen LogP contribution in [0.1, 0.15) is 10.4 Å². The maximum Gasteiger partial charge on any atom is 0.349 e. The lowest BCUT2D eigenvalue weighted by Gasteiger charge is -2.03. The van der Waals surface area contributed by atoms with Crippen LogP contribution in [0.25, 0.3) is 11.0 Å². The third kappa shape index (κ3) is 4.50. The minimum Gasteiger partial charge on any atom is -0.478 e. The third-order valence-electron chi connectivity index (χ3n) is 3.54. The van der Waals surface area contributed by atoms with Gasteiger partial charge in [-0.15, -0.1) is 0 Å². The summed E-state index contributed by atoms with van der Waals surface area (Å²) in [6.45, 7) is -0.184. The van der Waals surface area contributed by atoms with E-state index in [1.54, 1.807) is 24.3 Å². The number of carbonyl (C=O) groups is 1. The summed E-state index contributed by atoms with van der Waals surface area (Å²) in [5, 5.41) is 3.10. The molecule has 0 bridgehead atoms. The normalized spacial score (nSPS) is 10.1. The Morgan fingerprint density at radius 2 is 1.93 bits per heavy atom. The van der Waals surface area contributed by atoms with Crippen molar-refractivity contribution in [2.24, 2.45) is 0 Å². The topological polar surface area (TPSA) is 68.5 Å². The highest BCUT2D eigenvalue weighted by Crippen LogP contribution is 2.17. The molecule has 3 rings (SSSR count). The highest BCUT2D eigenvalue weighted by atomic mass is 19.1. The van der Waals surface area contributed by atoms with Crippen LogP contribution >= 0.6 is 0 Å². The number of hydrogen-bond donors (Lipinski definition) is 1. The van der Waals surface area contributed by atoms with Gasteiger partial charge in [-0.05, 0) is 24.3 Å². The van der Waals surface area contributed by atoms with E-state index in [-0.39, 0.29) is 24.5 Å². The van der Waals surface area contributed by atoms with Crippen LogP contribution in [0.15, 0.2) is 57.7 Å². The molecule has 2 aromatic carbocycles. The summed E-state index contributed by atoms with van der Waals surface area (Å²) >= 11 is 0. The molecule has 0 saturated carbocycles. The van der Waals surface area contributed by atoms with Gasteiger partial charge in [-0.25, -0.2) is 13.6 Å². The van der Waals surface area contributed by atoms with Crippen molar-refractivity contribution in [3.8, 4) is 17.6 Å². The number of benzene rings is 2. The molecular formula is C20H13F2NO4. The third-order valence-corrected chi connectivity index (χ3v) is 3.54. The quantitative estimate of drug-likeness (QED) is 0.567. The summed E-state index contributed by atoms with van der Waals surface area (Å²) in [5.74, 6) is 2.92. The van der Waals surface area contributed by atoms with E-state index < -0.39 is 23.2 Å². The van der Waals surface area contributed by atoms with Crippen molar-refractivity contribution in [2.75, 3.05) is 13.2 Å². The number of carbonyl (C=O) groups excluding carboxylic acids is 1. The van der Waals surface area contributed by atoms with Gasteiger partial charge in [0.2, 0.25) is 0 Å². The van der Waals surface area contributed by atoms with Crippen molar-refractivity contribution < 1.29 is 22.7 Å². The lowest BCUT2D eigenvalue weighted by atomic mass is 10.2. The lowest BCUT2D eigenvalue weighted by molar-refractivity contribution is 0.0955. The van der Waals surface area contributed by atoms with Crippen molar-refractivity contribution >= 4 is 16.9 Å². The summed E-state index contributed by atoms with van der Waals surface area (Å²) in [4.78, 5) is 24.0. The number of para-hydroxylation sites is 1. The van der Waals surface area contributed by atoms with Crippen molar-refractivity contribution in [3.63, 3.8) is 0 Å². The maximum absolute atomic E-state index is 13.4. The molecule has 27 heavy (non-hydrogen) atoms. The Morgan fingerprint density at radius 3 is 2.74 bits per heavy atom. The number of nitrogens with one attached hydrogen (secondary N) is 1. The van der Waals surface area contributed by atoms with Crippen LogP contribution in [0.3, 0.4) is 0 Å². The van der Waals surface area contributed by atoms with Gasteiger partial charge in [-0.3, -0.25) is 4.79 Å². The van der Waals surface area contributed by atoms with Gasteiger partial charge in [-0.1, -0.05) is 30.0 Å². The number of amides is 1. The smallest absolute Gasteiger partial charge is 0.349 e. The Labute approximate surface area is 152 Å². The minimum atomic E-state index is -0.826. The molecule has 0 saturated heterocycles. The fourth-order valence-electron chi connectivity index (χ4n) is 2.26. The van der Waals surface area contributed by atoms with E-state index in [0.29, 0.717) is 17.0 Å². The highest BCUT2D eigenvalue weighted by Gasteiger charge is 2.12. The summed E-state index contributed by atoms with van der Waals surface area (Å²) in [5.41, 5.74) is -0.474. The van der Waals surface area contributed by atoms with Gasteiger partial charge in [0.05, 0.1) is 6.54 Å². The number of hydrogen-bond acceptors (Lipinski definition) is 4. The van der Waals surface area contributed by atoms with E-state index in [2.05, 4.69) is 17.2 Å². The average Bonchev–Trinajstić information content (AvgIpc) is 2.65. The van der Waals surface area contributed by atoms with Crippen LogP contribution < -0.4 is 15.7 Å². The van der Waals surface area contributed by atoms with E-state index in [1.807, 2.05) is 0 Å². The molecule has 136 valence electrons. The zero-order valence-electron chi connectivity index (χ0n) is 13.9. The number of ether oxygens (including phenoxy) is 1. The first-order valence-corrected chi connectivity index (χ1v) is 7.89. The van der Waals surface area contributed by atoms with E-state index in [0.717, 1.165) is 12.1 Å². The van der Waals surface area contributed by atoms with Crippen LogP contribution in [0, 0.1) is 23.5 Å². The van der Waals surface area contributed by atoms with Gasteiger partial charge in [0.25, 0.3) is 5.91 Å². The molecule has 0 spiro atoms. The lowest BCUT2D eigenvalue weighted by Crippen LogP contribution is -2.28. The van der Waals surface area contributed by atoms with Gasteiger partial charge in [0.1, 0.15) is 23.6 Å². The molecule has 0 aliphatic rings. The fraction of sp³-hybridized carbons (Fsp3) is 0.100. The summed E-state index contributed by atoms with van der Waals surface area (Å²) < 4.78 is 36.3. The molecule has 7 heteroatoms. The molecule has 1 N–H and O–H groups in total. The number of fused-ring (bicyclic) bond motifs is 1. The standard InChI is InChI=1S/C20H13F2NO4/c21-14-7-8-18(16(22)12-14)26-10-4-3-9-23-19(24)15-11-13-5-1-2-6-17(13)27-20(15)25/h1-2,5-8,11-12H,9-10H2,(H,23,24). The van der Waals surface area contributed by atoms with Crippen LogP contribution in [-0.4, -0.2) is 19.1 Å². The summed E-state index contributed by atoms with van der Waals surface area (Å²) in [7, 11) is 0. The zero-order chi connectivity index (χ0) is 19.2. The molecule has 0 atom stereocenters. The molecule has 0 unspecified atom stereocenters. The van der Waals surface area contributed by atoms with E-state index in [9.17, 15) is 18.4 Å². The van der Waals surface area contributed by atoms with Crippen LogP contribution in [-0.2, 0) is 0 Å². The summed E-state index contributed by atoms with van der Waals surface area (Å²) in [6, 6.07) is 11.2. The fourth-order valence-corrected chi connectivity index (χ4v) is 2.26. The minimum absolute atomic E-state index is 0.0413. The molecule has 0 aliphatic heterocycles. The van der Waals surface area contributed by atoms with Crippen molar-refractivity contribution in [1.82, 2.24) is 5.32 Å². The Bertz CT molecular complexity index is 1110. The molecule has 1 amide bonds. The molecule has 3 aromatic rings. The number of rotatable bonds is 4. The molecule has 1 heterocycles. The zero-order valence-corrected chi connectivity index (χ0v) is 13.9. The first-order chi connectivity index (χ1) is 13.0. The van der Waals surface area contributed by atoms with Crippen LogP contribution in [0.4, 0.5) is 8.78 Å².